The molecule has 1 saturated carbocycles. The highest BCUT2D eigenvalue weighted by Crippen LogP contribution is 2.57. The predicted molar refractivity (Wildman–Crippen MR) is 86.5 cm³/mol. The molecule has 3 unspecified atom stereocenters. The largest absolute Gasteiger partial charge is 0.426 e. The van der Waals surface area contributed by atoms with Gasteiger partial charge in [-0.2, -0.15) is 0 Å². The number of piperidine rings is 1. The highest BCUT2D eigenvalue weighted by Gasteiger charge is 2.56. The summed E-state index contributed by atoms with van der Waals surface area (Å²) in [7, 11) is 2.20. The van der Waals surface area contributed by atoms with Gasteiger partial charge in [0.25, 0.3) is 0 Å². The molecule has 0 N–H and O–H groups in total. The molecule has 1 aromatic carbocycles. The lowest BCUT2D eigenvalue weighted by Crippen LogP contribution is -2.61. The third-order valence-electron chi connectivity index (χ3n) is 6.19. The van der Waals surface area contributed by atoms with E-state index in [4.69, 9.17) is 4.74 Å². The number of likely N-dealkylation sites (N-methyl/N-ethyl adjacent to an activating group) is 1. The topological polar surface area (TPSA) is 46.6 Å². The van der Waals surface area contributed by atoms with E-state index in [2.05, 4.69) is 18.0 Å². The average molecular weight is 313 g/mol. The predicted octanol–water partition coefficient (Wildman–Crippen LogP) is 2.48. The normalized spacial score (nSPS) is 32.9. The molecule has 2 bridgehead atoms. The Hall–Kier alpha value is -1.68. The molecule has 1 aliphatic heterocycles. The Morgan fingerprint density at radius 2 is 2.22 bits per heavy atom. The van der Waals surface area contributed by atoms with Crippen LogP contribution in [0.15, 0.2) is 18.2 Å². The molecule has 1 heterocycles. The maximum absolute atomic E-state index is 12.3. The molecule has 4 rings (SSSR count). The van der Waals surface area contributed by atoms with E-state index < -0.39 is 0 Å². The van der Waals surface area contributed by atoms with E-state index >= 15 is 0 Å². The summed E-state index contributed by atoms with van der Waals surface area (Å²) in [6, 6.07) is 6.50. The lowest BCUT2D eigenvalue weighted by Gasteiger charge is -2.58. The Bertz CT molecular complexity index is 683. The van der Waals surface area contributed by atoms with Crippen molar-refractivity contribution in [3.8, 4) is 5.75 Å². The van der Waals surface area contributed by atoms with Crippen LogP contribution < -0.4 is 4.74 Å². The number of esters is 1. The fourth-order valence-corrected chi connectivity index (χ4v) is 5.32. The van der Waals surface area contributed by atoms with Gasteiger partial charge in [0.05, 0.1) is 0 Å². The first-order valence-corrected chi connectivity index (χ1v) is 8.54. The number of hydrogen-bond acceptors (Lipinski definition) is 4. The third kappa shape index (κ3) is 2.15. The quantitative estimate of drug-likeness (QED) is 0.590. The van der Waals surface area contributed by atoms with E-state index in [1.165, 1.54) is 12.5 Å². The molecule has 0 aromatic heterocycles. The van der Waals surface area contributed by atoms with Crippen LogP contribution in [0.4, 0.5) is 0 Å². The lowest BCUT2D eigenvalue weighted by atomic mass is 9.52. The summed E-state index contributed by atoms with van der Waals surface area (Å²) < 4.78 is 5.55. The SMILES string of the molecule is CC(=O)Oc1cccc2c1C13CCN(C)C(C2)C1CCC(=O)C3. The van der Waals surface area contributed by atoms with Gasteiger partial charge in [-0.05, 0) is 50.4 Å². The summed E-state index contributed by atoms with van der Waals surface area (Å²) in [5.41, 5.74) is 2.27. The highest BCUT2D eigenvalue weighted by atomic mass is 16.5. The highest BCUT2D eigenvalue weighted by molar-refractivity contribution is 5.82. The minimum absolute atomic E-state index is 0.133. The van der Waals surface area contributed by atoms with E-state index in [0.717, 1.165) is 31.4 Å². The summed E-state index contributed by atoms with van der Waals surface area (Å²) in [5, 5.41) is 0. The van der Waals surface area contributed by atoms with Gasteiger partial charge in [0, 0.05) is 36.8 Å². The standard InChI is InChI=1S/C19H23NO3/c1-12(21)23-17-5-3-4-13-10-16-15-7-6-14(22)11-19(15,18(13)17)8-9-20(16)2/h3-5,15-16H,6-11H2,1-2H3. The van der Waals surface area contributed by atoms with Crippen molar-refractivity contribution in [2.24, 2.45) is 5.92 Å². The second-order valence-electron chi connectivity index (χ2n) is 7.40. The molecule has 0 radical (unpaired) electrons. The number of benzene rings is 1. The number of likely N-dealkylation sites (tertiary alicyclic amines) is 1. The second-order valence-corrected chi connectivity index (χ2v) is 7.40. The van der Waals surface area contributed by atoms with Crippen LogP contribution in [-0.4, -0.2) is 36.3 Å². The van der Waals surface area contributed by atoms with Gasteiger partial charge in [-0.1, -0.05) is 12.1 Å². The molecule has 23 heavy (non-hydrogen) atoms. The zero-order valence-corrected chi connectivity index (χ0v) is 13.8. The van der Waals surface area contributed by atoms with Gasteiger partial charge < -0.3 is 9.64 Å². The molecular formula is C19H23NO3. The maximum Gasteiger partial charge on any atom is 0.308 e. The fourth-order valence-electron chi connectivity index (χ4n) is 5.32. The number of hydrogen-bond donors (Lipinski definition) is 0. The van der Waals surface area contributed by atoms with Crippen molar-refractivity contribution in [1.82, 2.24) is 4.90 Å². The molecule has 1 saturated heterocycles. The van der Waals surface area contributed by atoms with Crippen molar-refractivity contribution < 1.29 is 14.3 Å². The Kier molecular flexibility index (Phi) is 3.34. The third-order valence-corrected chi connectivity index (χ3v) is 6.19. The number of ketones is 1. The number of fused-ring (bicyclic) bond motifs is 1. The van der Waals surface area contributed by atoms with E-state index in [0.29, 0.717) is 36.3 Å². The number of Topliss-reactive ketones (excluding diaryl/α,β-unsaturated/α-hetero) is 1. The number of rotatable bonds is 1. The molecule has 122 valence electrons. The minimum atomic E-state index is -0.288. The first-order chi connectivity index (χ1) is 11.0. The van der Waals surface area contributed by atoms with Crippen LogP contribution in [0.5, 0.6) is 5.75 Å². The van der Waals surface area contributed by atoms with Crippen LogP contribution in [0.1, 0.15) is 43.7 Å². The Labute approximate surface area is 136 Å². The summed E-state index contributed by atoms with van der Waals surface area (Å²) in [5.74, 6) is 1.24. The molecule has 1 aromatic rings. The van der Waals surface area contributed by atoms with E-state index in [9.17, 15) is 9.59 Å². The van der Waals surface area contributed by atoms with Crippen molar-refractivity contribution in [3.05, 3.63) is 29.3 Å². The zero-order chi connectivity index (χ0) is 16.2. The number of nitrogens with zero attached hydrogens (tertiary/aromatic N) is 1. The number of ether oxygens (including phenoxy) is 1. The monoisotopic (exact) mass is 313 g/mol. The van der Waals surface area contributed by atoms with Crippen molar-refractivity contribution in [2.75, 3.05) is 13.6 Å². The van der Waals surface area contributed by atoms with Crippen LogP contribution in [0.3, 0.4) is 0 Å². The minimum Gasteiger partial charge on any atom is -0.426 e. The van der Waals surface area contributed by atoms with Crippen LogP contribution in [0.25, 0.3) is 0 Å². The van der Waals surface area contributed by atoms with Gasteiger partial charge in [0.2, 0.25) is 0 Å². The Morgan fingerprint density at radius 3 is 3.00 bits per heavy atom. The molecule has 2 aliphatic carbocycles. The molecule has 2 fully saturated rings. The van der Waals surface area contributed by atoms with Crippen LogP contribution in [0.2, 0.25) is 0 Å². The zero-order valence-electron chi connectivity index (χ0n) is 13.8. The molecule has 0 amide bonds. The van der Waals surface area contributed by atoms with Crippen molar-refractivity contribution in [2.45, 2.75) is 50.5 Å². The number of carbonyl (C=O) groups is 2. The molecule has 4 heteroatoms. The molecule has 3 atom stereocenters. The first-order valence-electron chi connectivity index (χ1n) is 8.54. The maximum atomic E-state index is 12.3. The van der Waals surface area contributed by atoms with E-state index in [1.807, 2.05) is 12.1 Å². The lowest BCUT2D eigenvalue weighted by molar-refractivity contribution is -0.132. The molecule has 0 spiro atoms. The summed E-state index contributed by atoms with van der Waals surface area (Å²) in [4.78, 5) is 26.3. The first kappa shape index (κ1) is 14.9. The van der Waals surface area contributed by atoms with Gasteiger partial charge in [0.1, 0.15) is 11.5 Å². The van der Waals surface area contributed by atoms with Gasteiger partial charge in [-0.15, -0.1) is 0 Å². The van der Waals surface area contributed by atoms with Crippen molar-refractivity contribution in [1.29, 1.82) is 0 Å². The number of carbonyl (C=O) groups excluding carboxylic acids is 2. The molecule has 4 nitrogen and oxygen atoms in total. The summed E-state index contributed by atoms with van der Waals surface area (Å²) >= 11 is 0. The smallest absolute Gasteiger partial charge is 0.308 e. The van der Waals surface area contributed by atoms with Crippen LogP contribution in [-0.2, 0) is 21.4 Å². The van der Waals surface area contributed by atoms with Gasteiger partial charge in [0.15, 0.2) is 0 Å². The second kappa shape index (κ2) is 5.17. The fraction of sp³-hybridized carbons (Fsp3) is 0.579. The van der Waals surface area contributed by atoms with Crippen molar-refractivity contribution >= 4 is 11.8 Å². The van der Waals surface area contributed by atoms with Crippen LogP contribution in [0, 0.1) is 5.92 Å². The summed E-state index contributed by atoms with van der Waals surface area (Å²) in [6.45, 7) is 2.45. The molecular weight excluding hydrogens is 290 g/mol. The average Bonchev–Trinajstić information content (AvgIpc) is 2.50. The van der Waals surface area contributed by atoms with E-state index in [-0.39, 0.29) is 11.4 Å². The Morgan fingerprint density at radius 1 is 1.39 bits per heavy atom. The van der Waals surface area contributed by atoms with Gasteiger partial charge in [-0.25, -0.2) is 0 Å². The van der Waals surface area contributed by atoms with E-state index in [1.54, 1.807) is 0 Å². The van der Waals surface area contributed by atoms with Crippen molar-refractivity contribution in [3.63, 3.8) is 0 Å². The molecule has 3 aliphatic rings. The van der Waals surface area contributed by atoms with Gasteiger partial charge in [-0.3, -0.25) is 9.59 Å². The van der Waals surface area contributed by atoms with Gasteiger partial charge >= 0.3 is 5.97 Å². The van der Waals surface area contributed by atoms with Crippen LogP contribution >= 0.6 is 0 Å². The summed E-state index contributed by atoms with van der Waals surface area (Å²) in [6.07, 6.45) is 4.22. The Balaban J connectivity index is 1.91.